The van der Waals surface area contributed by atoms with E-state index in [2.05, 4.69) is 106 Å². The third-order valence-corrected chi connectivity index (χ3v) is 11.1. The predicted molar refractivity (Wildman–Crippen MR) is 274 cm³/mol. The van der Waals surface area contributed by atoms with Gasteiger partial charge in [0.2, 0.25) is 0 Å². The molecule has 0 aliphatic rings. The topological polar surface area (TPSA) is 78.9 Å². The van der Waals surface area contributed by atoms with E-state index in [9.17, 15) is 14.4 Å². The van der Waals surface area contributed by atoms with Crippen molar-refractivity contribution in [3.63, 3.8) is 0 Å². The van der Waals surface area contributed by atoms with E-state index in [1.165, 1.54) is 83.5 Å². The minimum Gasteiger partial charge on any atom is -0.462 e. The SMILES string of the molecule is CC/C=C\C/C=C\C/C=C\CCCCCCCC(=O)OC[C@H](COC(=O)CCCCC/C=C\C/C=C\C/C=C\C/C=C\CCCCC)OC(=O)CCCCCCCCCCCCCC. The Balaban J connectivity index is 4.44. The molecule has 0 aliphatic carbocycles. The van der Waals surface area contributed by atoms with E-state index in [0.717, 1.165) is 122 Å². The monoisotopic (exact) mass is 891 g/mol. The molecular weight excluding hydrogens is 793 g/mol. The Morgan fingerprint density at radius 1 is 0.328 bits per heavy atom. The minimum absolute atomic E-state index is 0.0949. The molecule has 0 saturated heterocycles. The zero-order valence-corrected chi connectivity index (χ0v) is 41.8. The maximum absolute atomic E-state index is 12.8. The molecule has 6 heteroatoms. The van der Waals surface area contributed by atoms with Gasteiger partial charge in [-0.3, -0.25) is 14.4 Å². The maximum atomic E-state index is 12.8. The van der Waals surface area contributed by atoms with Crippen LogP contribution in [-0.2, 0) is 28.6 Å². The second-order valence-electron chi connectivity index (χ2n) is 17.4. The van der Waals surface area contributed by atoms with Crippen molar-refractivity contribution in [3.05, 3.63) is 85.1 Å². The number of esters is 3. The molecule has 0 radical (unpaired) electrons. The van der Waals surface area contributed by atoms with Gasteiger partial charge in [0.05, 0.1) is 0 Å². The highest BCUT2D eigenvalue weighted by Crippen LogP contribution is 2.14. The molecule has 6 nitrogen and oxygen atoms in total. The summed E-state index contributed by atoms with van der Waals surface area (Å²) in [5.74, 6) is -0.940. The van der Waals surface area contributed by atoms with Gasteiger partial charge in [-0.1, -0.05) is 215 Å². The van der Waals surface area contributed by atoms with Gasteiger partial charge in [-0.05, 0) is 96.3 Å². The summed E-state index contributed by atoms with van der Waals surface area (Å²) in [4.78, 5) is 38.0. The average Bonchev–Trinajstić information content (AvgIpc) is 3.29. The molecule has 0 aromatic carbocycles. The number of hydrogen-bond donors (Lipinski definition) is 0. The van der Waals surface area contributed by atoms with Crippen molar-refractivity contribution in [1.29, 1.82) is 0 Å². The molecule has 0 unspecified atom stereocenters. The fourth-order valence-electron chi connectivity index (χ4n) is 7.15. The highest BCUT2D eigenvalue weighted by molar-refractivity contribution is 5.71. The van der Waals surface area contributed by atoms with E-state index >= 15 is 0 Å². The second-order valence-corrected chi connectivity index (χ2v) is 17.4. The summed E-state index contributed by atoms with van der Waals surface area (Å²) >= 11 is 0. The first-order chi connectivity index (χ1) is 31.5. The molecule has 0 bridgehead atoms. The summed E-state index contributed by atoms with van der Waals surface area (Å²) in [7, 11) is 0. The van der Waals surface area contributed by atoms with Gasteiger partial charge in [0.25, 0.3) is 0 Å². The van der Waals surface area contributed by atoms with E-state index in [4.69, 9.17) is 14.2 Å². The third kappa shape index (κ3) is 49.6. The highest BCUT2D eigenvalue weighted by atomic mass is 16.6. The fraction of sp³-hybridized carbons (Fsp3) is 0.707. The van der Waals surface area contributed by atoms with Crippen LogP contribution in [0.25, 0.3) is 0 Å². The molecule has 0 saturated carbocycles. The summed E-state index contributed by atoms with van der Waals surface area (Å²) in [5, 5.41) is 0. The van der Waals surface area contributed by atoms with Gasteiger partial charge in [-0.2, -0.15) is 0 Å². The normalized spacial score (nSPS) is 12.7. The van der Waals surface area contributed by atoms with Crippen LogP contribution in [-0.4, -0.2) is 37.2 Å². The van der Waals surface area contributed by atoms with Gasteiger partial charge >= 0.3 is 17.9 Å². The van der Waals surface area contributed by atoms with E-state index in [-0.39, 0.29) is 31.1 Å². The van der Waals surface area contributed by atoms with Crippen molar-refractivity contribution in [2.75, 3.05) is 13.2 Å². The van der Waals surface area contributed by atoms with Crippen LogP contribution in [0.2, 0.25) is 0 Å². The molecule has 0 spiro atoms. The summed E-state index contributed by atoms with van der Waals surface area (Å²) in [5.41, 5.74) is 0. The first-order valence-electron chi connectivity index (χ1n) is 26.6. The van der Waals surface area contributed by atoms with Gasteiger partial charge in [0.15, 0.2) is 6.10 Å². The smallest absolute Gasteiger partial charge is 0.306 e. The molecule has 366 valence electrons. The van der Waals surface area contributed by atoms with E-state index in [0.29, 0.717) is 19.3 Å². The van der Waals surface area contributed by atoms with Crippen molar-refractivity contribution in [3.8, 4) is 0 Å². The van der Waals surface area contributed by atoms with Crippen LogP contribution < -0.4 is 0 Å². The first kappa shape index (κ1) is 60.6. The van der Waals surface area contributed by atoms with Crippen LogP contribution in [0.5, 0.6) is 0 Å². The Hall–Kier alpha value is -3.41. The summed E-state index contributed by atoms with van der Waals surface area (Å²) in [6.07, 6.45) is 67.0. The minimum atomic E-state index is -0.795. The number of carbonyl (C=O) groups is 3. The van der Waals surface area contributed by atoms with Crippen molar-refractivity contribution in [2.45, 2.75) is 252 Å². The van der Waals surface area contributed by atoms with Gasteiger partial charge < -0.3 is 14.2 Å². The van der Waals surface area contributed by atoms with Crippen LogP contribution in [0.4, 0.5) is 0 Å². The number of unbranched alkanes of at least 4 members (excludes halogenated alkanes) is 22. The van der Waals surface area contributed by atoms with Crippen molar-refractivity contribution >= 4 is 17.9 Å². The molecule has 0 heterocycles. The Labute approximate surface area is 395 Å². The largest absolute Gasteiger partial charge is 0.462 e. The standard InChI is InChI=1S/C58H98O6/c1-4-7-10-13-16-19-22-25-27-28-29-30-32-34-37-39-42-45-48-51-57(60)63-54-55(64-58(61)52-49-46-43-40-35-24-21-18-15-12-9-6-3)53-62-56(59)50-47-44-41-38-36-33-31-26-23-20-17-14-11-8-5-2/h8,11,16-17,19-20,25-27,29-31,34,37,55H,4-7,9-10,12-15,18,21-24,28,32-33,35-36,38-54H2,1-3H3/b11-8-,19-16-,20-17-,27-25-,30-29-,31-26-,37-34-/t55-/m1/s1. The van der Waals surface area contributed by atoms with Crippen LogP contribution >= 0.6 is 0 Å². The Morgan fingerprint density at radius 2 is 0.609 bits per heavy atom. The van der Waals surface area contributed by atoms with Gasteiger partial charge in [-0.15, -0.1) is 0 Å². The molecule has 0 aromatic rings. The molecule has 0 fully saturated rings. The van der Waals surface area contributed by atoms with Crippen LogP contribution in [0.3, 0.4) is 0 Å². The number of ether oxygens (including phenoxy) is 3. The van der Waals surface area contributed by atoms with Crippen molar-refractivity contribution in [2.24, 2.45) is 0 Å². The quantitative estimate of drug-likeness (QED) is 0.0262. The Bertz CT molecular complexity index is 1250. The van der Waals surface area contributed by atoms with Gasteiger partial charge in [-0.25, -0.2) is 0 Å². The zero-order valence-electron chi connectivity index (χ0n) is 41.8. The molecule has 0 aliphatic heterocycles. The third-order valence-electron chi connectivity index (χ3n) is 11.1. The zero-order chi connectivity index (χ0) is 46.5. The number of carbonyl (C=O) groups excluding carboxylic acids is 3. The fourth-order valence-corrected chi connectivity index (χ4v) is 7.15. The average molecular weight is 891 g/mol. The number of hydrogen-bond acceptors (Lipinski definition) is 6. The van der Waals surface area contributed by atoms with Crippen LogP contribution in [0, 0.1) is 0 Å². The highest BCUT2D eigenvalue weighted by Gasteiger charge is 2.19. The van der Waals surface area contributed by atoms with Gasteiger partial charge in [0.1, 0.15) is 13.2 Å². The van der Waals surface area contributed by atoms with Crippen LogP contribution in [0.15, 0.2) is 85.1 Å². The van der Waals surface area contributed by atoms with Crippen LogP contribution in [0.1, 0.15) is 245 Å². The summed E-state index contributed by atoms with van der Waals surface area (Å²) < 4.78 is 16.8. The lowest BCUT2D eigenvalue weighted by Gasteiger charge is -2.18. The lowest BCUT2D eigenvalue weighted by atomic mass is 10.0. The lowest BCUT2D eigenvalue weighted by Crippen LogP contribution is -2.30. The molecule has 0 aromatic heterocycles. The second kappa shape index (κ2) is 52.2. The summed E-state index contributed by atoms with van der Waals surface area (Å²) in [6.45, 7) is 6.45. The number of rotatable bonds is 47. The molecule has 0 rings (SSSR count). The van der Waals surface area contributed by atoms with Crippen molar-refractivity contribution in [1.82, 2.24) is 0 Å². The van der Waals surface area contributed by atoms with E-state index in [1.54, 1.807) is 0 Å². The molecule has 1 atom stereocenters. The Morgan fingerprint density at radius 3 is 1.00 bits per heavy atom. The van der Waals surface area contributed by atoms with E-state index < -0.39 is 6.10 Å². The first-order valence-corrected chi connectivity index (χ1v) is 26.6. The Kier molecular flexibility index (Phi) is 49.4. The molecular formula is C58H98O6. The maximum Gasteiger partial charge on any atom is 0.306 e. The van der Waals surface area contributed by atoms with Crippen molar-refractivity contribution < 1.29 is 28.6 Å². The summed E-state index contributed by atoms with van der Waals surface area (Å²) in [6, 6.07) is 0. The lowest BCUT2D eigenvalue weighted by molar-refractivity contribution is -0.167. The molecule has 0 N–H and O–H groups in total. The molecule has 64 heavy (non-hydrogen) atoms. The number of allylic oxidation sites excluding steroid dienone is 14. The predicted octanol–water partition coefficient (Wildman–Crippen LogP) is 17.6. The molecule has 0 amide bonds. The van der Waals surface area contributed by atoms with E-state index in [1.807, 2.05) is 0 Å². The van der Waals surface area contributed by atoms with Gasteiger partial charge in [0, 0.05) is 19.3 Å².